The third-order valence-corrected chi connectivity index (χ3v) is 3.34. The van der Waals surface area contributed by atoms with Crippen LogP contribution in [0.15, 0.2) is 15.8 Å². The molecule has 0 amide bonds. The van der Waals surface area contributed by atoms with Crippen molar-refractivity contribution >= 4 is 5.97 Å². The molecule has 1 fully saturated rings. The van der Waals surface area contributed by atoms with Gasteiger partial charge in [0.2, 0.25) is 0 Å². The van der Waals surface area contributed by atoms with Crippen LogP contribution < -0.4 is 17.0 Å². The summed E-state index contributed by atoms with van der Waals surface area (Å²) in [6.45, 7) is 0. The van der Waals surface area contributed by atoms with E-state index >= 15 is 0 Å². The molecule has 0 bridgehead atoms. The van der Waals surface area contributed by atoms with Gasteiger partial charge in [-0.2, -0.15) is 0 Å². The molecule has 0 spiro atoms. The van der Waals surface area contributed by atoms with Crippen molar-refractivity contribution < 1.29 is 9.90 Å². The normalized spacial score (nSPS) is 23.8. The summed E-state index contributed by atoms with van der Waals surface area (Å²) in [5.74, 6) is -1.35. The van der Waals surface area contributed by atoms with E-state index in [1.165, 1.54) is 4.57 Å². The molecule has 0 aromatic carbocycles. The maximum atomic E-state index is 11.7. The smallest absolute Gasteiger partial charge is 0.342 e. The van der Waals surface area contributed by atoms with Crippen LogP contribution in [0.5, 0.6) is 0 Å². The zero-order valence-electron chi connectivity index (χ0n) is 9.76. The van der Waals surface area contributed by atoms with Crippen LogP contribution in [0.3, 0.4) is 0 Å². The third kappa shape index (κ3) is 2.21. The molecule has 1 aliphatic rings. The Balaban J connectivity index is 2.50. The number of aromatic nitrogens is 2. The number of H-pyrrole nitrogens is 1. The standard InChI is InChI=1S/C11H15N3O4/c12-7-3-1-2-4-8(7)14-5-6(10(16)17)9(15)13-11(14)18/h5,7-8H,1-4,12H2,(H,16,17)(H,13,15,18)/t7-,8-/m0/s1. The van der Waals surface area contributed by atoms with Crippen molar-refractivity contribution in [3.05, 3.63) is 32.6 Å². The summed E-state index contributed by atoms with van der Waals surface area (Å²) in [6.07, 6.45) is 4.54. The Morgan fingerprint density at radius 3 is 2.67 bits per heavy atom. The lowest BCUT2D eigenvalue weighted by molar-refractivity contribution is 0.0693. The van der Waals surface area contributed by atoms with Gasteiger partial charge in [-0.05, 0) is 12.8 Å². The van der Waals surface area contributed by atoms with E-state index in [2.05, 4.69) is 0 Å². The molecule has 18 heavy (non-hydrogen) atoms. The van der Waals surface area contributed by atoms with Gasteiger partial charge in [-0.1, -0.05) is 12.8 Å². The number of aromatic amines is 1. The maximum absolute atomic E-state index is 11.7. The van der Waals surface area contributed by atoms with Crippen molar-refractivity contribution in [2.75, 3.05) is 0 Å². The lowest BCUT2D eigenvalue weighted by Gasteiger charge is -2.29. The Kier molecular flexibility index (Phi) is 3.33. The van der Waals surface area contributed by atoms with Gasteiger partial charge < -0.3 is 10.8 Å². The topological polar surface area (TPSA) is 118 Å². The summed E-state index contributed by atoms with van der Waals surface area (Å²) in [7, 11) is 0. The van der Waals surface area contributed by atoms with Crippen LogP contribution in [0.1, 0.15) is 42.1 Å². The first-order valence-electron chi connectivity index (χ1n) is 5.85. The van der Waals surface area contributed by atoms with E-state index in [4.69, 9.17) is 10.8 Å². The molecule has 4 N–H and O–H groups in total. The number of hydrogen-bond acceptors (Lipinski definition) is 4. The second kappa shape index (κ2) is 4.77. The molecule has 0 radical (unpaired) electrons. The summed E-state index contributed by atoms with van der Waals surface area (Å²) in [5.41, 5.74) is 4.02. The fourth-order valence-corrected chi connectivity index (χ4v) is 2.37. The van der Waals surface area contributed by atoms with E-state index in [0.717, 1.165) is 25.5 Å². The van der Waals surface area contributed by atoms with Gasteiger partial charge in [0.15, 0.2) is 0 Å². The summed E-state index contributed by atoms with van der Waals surface area (Å²) in [4.78, 5) is 35.9. The number of aromatic carboxylic acids is 1. The van der Waals surface area contributed by atoms with Crippen molar-refractivity contribution in [2.45, 2.75) is 37.8 Å². The molecule has 0 unspecified atom stereocenters. The number of hydrogen-bond donors (Lipinski definition) is 3. The van der Waals surface area contributed by atoms with Crippen molar-refractivity contribution in [3.63, 3.8) is 0 Å². The highest BCUT2D eigenvalue weighted by Gasteiger charge is 2.25. The van der Waals surface area contributed by atoms with Crippen LogP contribution >= 0.6 is 0 Å². The Morgan fingerprint density at radius 1 is 1.39 bits per heavy atom. The predicted octanol–water partition coefficient (Wildman–Crippen LogP) is -0.323. The number of nitrogens with two attached hydrogens (primary N) is 1. The fourth-order valence-electron chi connectivity index (χ4n) is 2.37. The Morgan fingerprint density at radius 2 is 2.06 bits per heavy atom. The molecule has 0 saturated heterocycles. The minimum Gasteiger partial charge on any atom is -0.477 e. The average Bonchev–Trinajstić information content (AvgIpc) is 2.30. The molecule has 7 heteroatoms. The molecule has 1 heterocycles. The van der Waals surface area contributed by atoms with E-state index in [0.29, 0.717) is 6.42 Å². The molecule has 1 aromatic heterocycles. The molecule has 98 valence electrons. The molecule has 1 aliphatic carbocycles. The molecular weight excluding hydrogens is 238 g/mol. The lowest BCUT2D eigenvalue weighted by atomic mass is 9.91. The van der Waals surface area contributed by atoms with Gasteiger partial charge in [-0.3, -0.25) is 14.3 Å². The van der Waals surface area contributed by atoms with E-state index in [1.807, 2.05) is 4.98 Å². The number of carbonyl (C=O) groups is 1. The number of carboxylic acids is 1. The van der Waals surface area contributed by atoms with Crippen molar-refractivity contribution in [1.29, 1.82) is 0 Å². The highest BCUT2D eigenvalue weighted by molar-refractivity contribution is 5.86. The molecule has 2 atom stereocenters. The second-order valence-electron chi connectivity index (χ2n) is 4.53. The number of nitrogens with zero attached hydrogens (tertiary/aromatic N) is 1. The first-order valence-corrected chi connectivity index (χ1v) is 5.85. The quantitative estimate of drug-likeness (QED) is 0.667. The molecule has 0 aliphatic heterocycles. The van der Waals surface area contributed by atoms with Crippen LogP contribution in [-0.4, -0.2) is 26.7 Å². The summed E-state index contributed by atoms with van der Waals surface area (Å²) < 4.78 is 1.24. The van der Waals surface area contributed by atoms with Crippen molar-refractivity contribution in [3.8, 4) is 0 Å². The maximum Gasteiger partial charge on any atom is 0.342 e. The van der Waals surface area contributed by atoms with E-state index in [1.54, 1.807) is 0 Å². The minimum absolute atomic E-state index is 0.191. The molecule has 1 aromatic rings. The predicted molar refractivity (Wildman–Crippen MR) is 63.8 cm³/mol. The molecule has 2 rings (SSSR count). The van der Waals surface area contributed by atoms with Crippen LogP contribution in [-0.2, 0) is 0 Å². The first kappa shape index (κ1) is 12.6. The average molecular weight is 253 g/mol. The van der Waals surface area contributed by atoms with Crippen LogP contribution in [0.25, 0.3) is 0 Å². The molecular formula is C11H15N3O4. The largest absolute Gasteiger partial charge is 0.477 e. The van der Waals surface area contributed by atoms with Gasteiger partial charge in [-0.25, -0.2) is 9.59 Å². The monoisotopic (exact) mass is 253 g/mol. The van der Waals surface area contributed by atoms with Crippen LogP contribution in [0, 0.1) is 0 Å². The summed E-state index contributed by atoms with van der Waals surface area (Å²) in [6, 6.07) is -0.440. The van der Waals surface area contributed by atoms with Gasteiger partial charge >= 0.3 is 11.7 Å². The van der Waals surface area contributed by atoms with E-state index in [9.17, 15) is 14.4 Å². The zero-order valence-corrected chi connectivity index (χ0v) is 9.76. The van der Waals surface area contributed by atoms with Gasteiger partial charge in [0.25, 0.3) is 5.56 Å². The number of rotatable bonds is 2. The molecule has 7 nitrogen and oxygen atoms in total. The van der Waals surface area contributed by atoms with Crippen LogP contribution in [0.2, 0.25) is 0 Å². The third-order valence-electron chi connectivity index (χ3n) is 3.34. The van der Waals surface area contributed by atoms with Crippen molar-refractivity contribution in [2.24, 2.45) is 5.73 Å². The van der Waals surface area contributed by atoms with Gasteiger partial charge in [0.1, 0.15) is 5.56 Å². The Labute approximate surface area is 102 Å². The first-order chi connectivity index (χ1) is 8.50. The Hall–Kier alpha value is -1.89. The van der Waals surface area contributed by atoms with E-state index in [-0.39, 0.29) is 12.1 Å². The van der Waals surface area contributed by atoms with Gasteiger partial charge in [-0.15, -0.1) is 0 Å². The number of carboxylic acid groups (broad SMARTS) is 1. The van der Waals surface area contributed by atoms with Gasteiger partial charge in [0.05, 0.1) is 6.04 Å². The van der Waals surface area contributed by atoms with Gasteiger partial charge in [0, 0.05) is 12.2 Å². The fraction of sp³-hybridized carbons (Fsp3) is 0.545. The highest BCUT2D eigenvalue weighted by Crippen LogP contribution is 2.25. The highest BCUT2D eigenvalue weighted by atomic mass is 16.4. The van der Waals surface area contributed by atoms with Crippen molar-refractivity contribution in [1.82, 2.24) is 9.55 Å². The second-order valence-corrected chi connectivity index (χ2v) is 4.53. The number of nitrogens with one attached hydrogen (secondary N) is 1. The lowest BCUT2D eigenvalue weighted by Crippen LogP contribution is -2.43. The Bertz CT molecular complexity index is 574. The van der Waals surface area contributed by atoms with E-state index < -0.39 is 22.8 Å². The van der Waals surface area contributed by atoms with Crippen LogP contribution in [0.4, 0.5) is 0 Å². The summed E-state index contributed by atoms with van der Waals surface area (Å²) in [5, 5.41) is 8.88. The SMILES string of the molecule is N[C@H]1CCCC[C@@H]1n1cc(C(=O)O)c(=O)[nH]c1=O. The summed E-state index contributed by atoms with van der Waals surface area (Å²) >= 11 is 0. The molecule has 1 saturated carbocycles. The minimum atomic E-state index is -1.35. The zero-order chi connectivity index (χ0) is 13.3.